The molecule has 30 heavy (non-hydrogen) atoms. The molecule has 3 rings (SSSR count). The lowest BCUT2D eigenvalue weighted by Gasteiger charge is -2.34. The summed E-state index contributed by atoms with van der Waals surface area (Å²) in [6, 6.07) is -1.28. The number of likely N-dealkylation sites (N-methyl/N-ethyl adjacent to an activating group) is 1. The molecule has 2 fully saturated rings. The summed E-state index contributed by atoms with van der Waals surface area (Å²) in [6.45, 7) is 11.2. The van der Waals surface area contributed by atoms with Crippen molar-refractivity contribution in [2.45, 2.75) is 71.7 Å². The molecule has 2 amide bonds. The molecule has 168 valence electrons. The molecule has 0 radical (unpaired) electrons. The Kier molecular flexibility index (Phi) is 6.81. The van der Waals surface area contributed by atoms with Crippen LogP contribution in [0.25, 0.3) is 0 Å². The van der Waals surface area contributed by atoms with Gasteiger partial charge >= 0.3 is 0 Å². The third-order valence-corrected chi connectivity index (χ3v) is 6.25. The number of nitrogens with one attached hydrogen (secondary N) is 1. The molecule has 2 N–H and O–H groups in total. The van der Waals surface area contributed by atoms with Crippen molar-refractivity contribution in [1.82, 2.24) is 30.1 Å². The molecule has 2 unspecified atom stereocenters. The van der Waals surface area contributed by atoms with Crippen molar-refractivity contribution in [2.24, 2.45) is 11.3 Å². The summed E-state index contributed by atoms with van der Waals surface area (Å²) in [4.78, 5) is 29.7. The number of hydrogen-bond acceptors (Lipinski definition) is 6. The zero-order valence-electron chi connectivity index (χ0n) is 18.8. The number of piperidine rings is 1. The molecule has 0 bridgehead atoms. The van der Waals surface area contributed by atoms with E-state index in [4.69, 9.17) is 0 Å². The Labute approximate surface area is 178 Å². The summed E-state index contributed by atoms with van der Waals surface area (Å²) in [7, 11) is 1.54. The van der Waals surface area contributed by atoms with Gasteiger partial charge in [-0.05, 0) is 37.3 Å². The predicted octanol–water partition coefficient (Wildman–Crippen LogP) is 0.805. The van der Waals surface area contributed by atoms with E-state index in [1.165, 1.54) is 17.7 Å². The number of hydrogen-bond donors (Lipinski definition) is 2. The molecule has 2 aliphatic rings. The van der Waals surface area contributed by atoms with E-state index < -0.39 is 23.6 Å². The molecule has 3 atom stereocenters. The van der Waals surface area contributed by atoms with Gasteiger partial charge in [0.05, 0.1) is 18.0 Å². The van der Waals surface area contributed by atoms with E-state index >= 15 is 0 Å². The highest BCUT2D eigenvalue weighted by Crippen LogP contribution is 2.34. The highest BCUT2D eigenvalue weighted by atomic mass is 16.3. The zero-order valence-corrected chi connectivity index (χ0v) is 18.8. The first-order valence-electron chi connectivity index (χ1n) is 10.9. The van der Waals surface area contributed by atoms with Gasteiger partial charge in [-0.2, -0.15) is 0 Å². The van der Waals surface area contributed by atoms with E-state index in [0.29, 0.717) is 0 Å². The van der Waals surface area contributed by atoms with Gasteiger partial charge in [0, 0.05) is 26.6 Å². The Hall–Kier alpha value is -2.00. The molecular weight excluding hydrogens is 384 g/mol. The van der Waals surface area contributed by atoms with Crippen LogP contribution in [-0.4, -0.2) is 80.5 Å². The summed E-state index contributed by atoms with van der Waals surface area (Å²) in [5, 5.41) is 21.3. The Bertz CT molecular complexity index is 750. The number of carbonyl (C=O) groups is 2. The van der Waals surface area contributed by atoms with Crippen LogP contribution >= 0.6 is 0 Å². The Morgan fingerprint density at radius 2 is 1.97 bits per heavy atom. The predicted molar refractivity (Wildman–Crippen MR) is 112 cm³/mol. The van der Waals surface area contributed by atoms with Crippen LogP contribution in [0.3, 0.4) is 0 Å². The Morgan fingerprint density at radius 3 is 2.57 bits per heavy atom. The third-order valence-electron chi connectivity index (χ3n) is 6.25. The first-order chi connectivity index (χ1) is 14.1. The number of rotatable bonds is 5. The summed E-state index contributed by atoms with van der Waals surface area (Å²) >= 11 is 0. The Balaban J connectivity index is 1.79. The van der Waals surface area contributed by atoms with E-state index in [-0.39, 0.29) is 24.8 Å². The monoisotopic (exact) mass is 420 g/mol. The molecule has 9 nitrogen and oxygen atoms in total. The van der Waals surface area contributed by atoms with E-state index in [1.807, 2.05) is 27.0 Å². The number of aromatic nitrogens is 3. The second-order valence-corrected chi connectivity index (χ2v) is 9.93. The second-order valence-electron chi connectivity index (χ2n) is 9.93. The van der Waals surface area contributed by atoms with Gasteiger partial charge in [-0.3, -0.25) is 14.5 Å². The van der Waals surface area contributed by atoms with E-state index in [1.54, 1.807) is 11.7 Å². The van der Waals surface area contributed by atoms with Gasteiger partial charge in [0.2, 0.25) is 11.8 Å². The molecule has 0 saturated carbocycles. The zero-order chi connectivity index (χ0) is 22.1. The fourth-order valence-electron chi connectivity index (χ4n) is 4.47. The average molecular weight is 421 g/mol. The molecular formula is C21H36N6O3. The average Bonchev–Trinajstić information content (AvgIpc) is 3.28. The van der Waals surface area contributed by atoms with Gasteiger partial charge in [0.1, 0.15) is 12.1 Å². The van der Waals surface area contributed by atoms with Crippen LogP contribution in [0.5, 0.6) is 0 Å². The topological polar surface area (TPSA) is 104 Å². The molecule has 2 aliphatic heterocycles. The quantitative estimate of drug-likeness (QED) is 0.731. The summed E-state index contributed by atoms with van der Waals surface area (Å²) in [5.41, 5.74) is 0.402. The number of likely N-dealkylation sites (tertiary alicyclic amines) is 2. The SMILES string of the molecule is CNC(=O)C1CC(O)CN1C(=O)[C@@H](n1cc(CN2CCC(C)CC2)nn1)C(C)(C)C. The molecule has 1 aromatic rings. The van der Waals surface area contributed by atoms with Crippen molar-refractivity contribution in [1.29, 1.82) is 0 Å². The molecule has 0 spiro atoms. The highest BCUT2D eigenvalue weighted by molar-refractivity contribution is 5.90. The van der Waals surface area contributed by atoms with Gasteiger partial charge in [-0.25, -0.2) is 4.68 Å². The molecule has 0 aliphatic carbocycles. The molecule has 2 saturated heterocycles. The standard InChI is InChI=1S/C21H36N6O3/c1-14-6-8-25(9-7-14)11-15-12-27(24-23-15)18(21(2,3)4)20(30)26-13-16(28)10-17(26)19(29)22-5/h12,14,16-18,28H,6-11,13H2,1-5H3,(H,22,29)/t16?,17?,18-/m1/s1. The minimum absolute atomic E-state index is 0.150. The van der Waals surface area contributed by atoms with Crippen LogP contribution < -0.4 is 5.32 Å². The fourth-order valence-corrected chi connectivity index (χ4v) is 4.47. The normalized spacial score (nSPS) is 24.8. The minimum atomic E-state index is -0.704. The van der Waals surface area contributed by atoms with Crippen molar-refractivity contribution in [3.05, 3.63) is 11.9 Å². The van der Waals surface area contributed by atoms with Crippen molar-refractivity contribution in [2.75, 3.05) is 26.7 Å². The third kappa shape index (κ3) is 5.00. The first-order valence-corrected chi connectivity index (χ1v) is 10.9. The number of β-amino-alcohol motifs (C(OH)–C–C–N with tert-alkyl or cyclic N) is 1. The summed E-state index contributed by atoms with van der Waals surface area (Å²) in [5.74, 6) is 0.297. The van der Waals surface area contributed by atoms with E-state index in [0.717, 1.165) is 31.2 Å². The summed E-state index contributed by atoms with van der Waals surface area (Å²) < 4.78 is 1.63. The largest absolute Gasteiger partial charge is 0.391 e. The molecule has 0 aromatic carbocycles. The molecule has 3 heterocycles. The lowest BCUT2D eigenvalue weighted by atomic mass is 9.85. The molecule has 1 aromatic heterocycles. The maximum atomic E-state index is 13.5. The number of aliphatic hydroxyl groups is 1. The van der Waals surface area contributed by atoms with Crippen LogP contribution in [0.15, 0.2) is 6.20 Å². The van der Waals surface area contributed by atoms with Gasteiger partial charge in [-0.1, -0.05) is 32.9 Å². The van der Waals surface area contributed by atoms with Crippen molar-refractivity contribution < 1.29 is 14.7 Å². The van der Waals surface area contributed by atoms with Crippen LogP contribution in [0, 0.1) is 11.3 Å². The number of aliphatic hydroxyl groups excluding tert-OH is 1. The minimum Gasteiger partial charge on any atom is -0.391 e. The van der Waals surface area contributed by atoms with Crippen molar-refractivity contribution >= 4 is 11.8 Å². The maximum absolute atomic E-state index is 13.5. The van der Waals surface area contributed by atoms with Crippen molar-refractivity contribution in [3.8, 4) is 0 Å². The van der Waals surface area contributed by atoms with Crippen LogP contribution in [0.1, 0.15) is 58.7 Å². The lowest BCUT2D eigenvalue weighted by Crippen LogP contribution is -2.49. The van der Waals surface area contributed by atoms with Crippen LogP contribution in [0.4, 0.5) is 0 Å². The fraction of sp³-hybridized carbons (Fsp3) is 0.810. The Morgan fingerprint density at radius 1 is 1.30 bits per heavy atom. The van der Waals surface area contributed by atoms with Crippen LogP contribution in [-0.2, 0) is 16.1 Å². The number of carbonyl (C=O) groups excluding carboxylic acids is 2. The molecule has 9 heteroatoms. The second kappa shape index (κ2) is 9.01. The lowest BCUT2D eigenvalue weighted by molar-refractivity contribution is -0.144. The van der Waals surface area contributed by atoms with Gasteiger partial charge in [-0.15, -0.1) is 5.10 Å². The van der Waals surface area contributed by atoms with Gasteiger partial charge in [0.25, 0.3) is 0 Å². The summed E-state index contributed by atoms with van der Waals surface area (Å²) in [6.07, 6.45) is 3.78. The maximum Gasteiger partial charge on any atom is 0.248 e. The highest BCUT2D eigenvalue weighted by Gasteiger charge is 2.45. The number of amides is 2. The van der Waals surface area contributed by atoms with Gasteiger partial charge in [0.15, 0.2) is 0 Å². The van der Waals surface area contributed by atoms with Crippen LogP contribution in [0.2, 0.25) is 0 Å². The first kappa shape index (κ1) is 22.7. The number of nitrogens with zero attached hydrogens (tertiary/aromatic N) is 5. The van der Waals surface area contributed by atoms with Gasteiger partial charge < -0.3 is 15.3 Å². The van der Waals surface area contributed by atoms with E-state index in [2.05, 4.69) is 27.5 Å². The smallest absolute Gasteiger partial charge is 0.248 e. The van der Waals surface area contributed by atoms with E-state index in [9.17, 15) is 14.7 Å². The van der Waals surface area contributed by atoms with Crippen molar-refractivity contribution in [3.63, 3.8) is 0 Å².